The van der Waals surface area contributed by atoms with E-state index in [1.54, 1.807) is 5.32 Å². The van der Waals surface area contributed by atoms with Crippen molar-refractivity contribution in [3.63, 3.8) is 0 Å². The van der Waals surface area contributed by atoms with Crippen LogP contribution in [0.15, 0.2) is 24.3 Å². The topological polar surface area (TPSA) is 148 Å². The molecule has 3 rings (SSSR count). The van der Waals surface area contributed by atoms with Gasteiger partial charge in [-0.2, -0.15) is 13.2 Å². The highest BCUT2D eigenvalue weighted by Crippen LogP contribution is 2.42. The number of amides is 4. The molecule has 4 amide bonds. The minimum absolute atomic E-state index is 0.144. The minimum atomic E-state index is -5.22. The van der Waals surface area contributed by atoms with Gasteiger partial charge in [0.2, 0.25) is 11.8 Å². The molecule has 0 saturated carbocycles. The molecule has 2 aliphatic heterocycles. The zero-order valence-electron chi connectivity index (χ0n) is 21.9. The molecule has 2 aliphatic rings. The summed E-state index contributed by atoms with van der Waals surface area (Å²) < 4.78 is 82.6. The smallest absolute Gasteiger partial charge is 0.368 e. The fourth-order valence-corrected chi connectivity index (χ4v) is 4.97. The van der Waals surface area contributed by atoms with Crippen LogP contribution in [0.3, 0.4) is 0 Å². The highest BCUT2D eigenvalue weighted by Gasteiger charge is 2.52. The van der Waals surface area contributed by atoms with Crippen molar-refractivity contribution in [2.45, 2.75) is 63.3 Å². The third-order valence-electron chi connectivity index (χ3n) is 7.19. The van der Waals surface area contributed by atoms with Gasteiger partial charge < -0.3 is 21.3 Å². The van der Waals surface area contributed by atoms with Crippen molar-refractivity contribution < 1.29 is 55.1 Å². The Morgan fingerprint density at radius 2 is 1.76 bits per heavy atom. The number of halogens is 6. The third kappa shape index (κ3) is 7.15. The monoisotopic (exact) mass is 594 g/mol. The summed E-state index contributed by atoms with van der Waals surface area (Å²) in [4.78, 5) is 65.2. The maximum absolute atomic E-state index is 13.5. The summed E-state index contributed by atoms with van der Waals surface area (Å²) in [5.41, 5.74) is 3.12. The molecular weight excluding hydrogens is 566 g/mol. The molecular formula is C25H28F6N4O6. The molecule has 1 saturated heterocycles. The number of benzene rings is 1. The van der Waals surface area contributed by atoms with Crippen LogP contribution in [0.4, 0.5) is 26.3 Å². The van der Waals surface area contributed by atoms with Crippen LogP contribution in [0.2, 0.25) is 0 Å². The molecule has 0 bridgehead atoms. The third-order valence-corrected chi connectivity index (χ3v) is 7.19. The van der Waals surface area contributed by atoms with Crippen LogP contribution in [0.25, 0.3) is 0 Å². The number of fused-ring (bicyclic) bond motifs is 1. The number of rotatable bonds is 8. The number of hydrogen-bond acceptors (Lipinski definition) is 6. The average molecular weight is 595 g/mol. The second kappa shape index (κ2) is 11.7. The molecule has 2 heterocycles. The van der Waals surface area contributed by atoms with Gasteiger partial charge in [0.05, 0.1) is 6.04 Å². The summed E-state index contributed by atoms with van der Waals surface area (Å²) >= 11 is 0. The van der Waals surface area contributed by atoms with Crippen molar-refractivity contribution in [2.75, 3.05) is 13.2 Å². The van der Waals surface area contributed by atoms with Gasteiger partial charge in [-0.1, -0.05) is 24.3 Å². The standard InChI is InChI=1S/C25H28F6N4O6/c1-23(2,24(26,27)28)34-21(39)22(40)35-16(19(32)37)10-12-5-3-4-6-14(12)18(35)15(9-13-7-8-33-20(13)38)17(36)11-41-25(29,30)31/h3-6,13,15-16,18H,7-11H2,1-2H3,(H2,32,37)(H,33,38)(H,34,39)/t13-,15-,16?,18?/m1/s1. The van der Waals surface area contributed by atoms with Gasteiger partial charge in [0.1, 0.15) is 18.2 Å². The van der Waals surface area contributed by atoms with Crippen LogP contribution >= 0.6 is 0 Å². The van der Waals surface area contributed by atoms with E-state index in [9.17, 15) is 50.3 Å². The Morgan fingerprint density at radius 1 is 1.12 bits per heavy atom. The molecule has 1 aromatic rings. The van der Waals surface area contributed by atoms with Crippen LogP contribution in [-0.4, -0.2) is 71.6 Å². The predicted octanol–water partition coefficient (Wildman–Crippen LogP) is 1.67. The van der Waals surface area contributed by atoms with E-state index in [1.165, 1.54) is 24.3 Å². The van der Waals surface area contributed by atoms with E-state index in [0.29, 0.717) is 24.3 Å². The SMILES string of the molecule is CC(C)(NC(=O)C(=O)N1C(C(N)=O)Cc2ccccc2C1[C@H](C[C@H]1CCNC1=O)C(=O)COC(F)(F)F)C(F)(F)F. The summed E-state index contributed by atoms with van der Waals surface area (Å²) in [6.07, 6.45) is -10.7. The Balaban J connectivity index is 2.15. The normalized spacial score (nSPS) is 22.0. The molecule has 41 heavy (non-hydrogen) atoms. The van der Waals surface area contributed by atoms with Gasteiger partial charge in [-0.05, 0) is 37.8 Å². The van der Waals surface area contributed by atoms with Crippen LogP contribution in [0, 0.1) is 11.8 Å². The lowest BCUT2D eigenvalue weighted by Gasteiger charge is -2.45. The first kappa shape index (κ1) is 31.8. The Labute approximate surface area is 229 Å². The average Bonchev–Trinajstić information content (AvgIpc) is 3.27. The Hall–Kier alpha value is -3.69. The van der Waals surface area contributed by atoms with Gasteiger partial charge in [-0.25, -0.2) is 0 Å². The lowest BCUT2D eigenvalue weighted by atomic mass is 9.76. The van der Waals surface area contributed by atoms with E-state index in [-0.39, 0.29) is 24.9 Å². The number of hydrogen-bond donors (Lipinski definition) is 3. The first-order valence-electron chi connectivity index (χ1n) is 12.4. The fraction of sp³-hybridized carbons (Fsp3) is 0.560. The van der Waals surface area contributed by atoms with E-state index in [0.717, 1.165) is 0 Å². The van der Waals surface area contributed by atoms with Gasteiger partial charge in [-0.15, -0.1) is 13.2 Å². The number of nitrogens with one attached hydrogen (secondary N) is 2. The summed E-state index contributed by atoms with van der Waals surface area (Å²) in [6, 6.07) is 2.58. The molecule has 0 radical (unpaired) electrons. The van der Waals surface area contributed by atoms with Crippen LogP contribution in [0.5, 0.6) is 0 Å². The minimum Gasteiger partial charge on any atom is -0.368 e. The van der Waals surface area contributed by atoms with Gasteiger partial charge >= 0.3 is 24.4 Å². The van der Waals surface area contributed by atoms with Crippen LogP contribution in [0.1, 0.15) is 43.9 Å². The van der Waals surface area contributed by atoms with E-state index < -0.39 is 84.4 Å². The van der Waals surface area contributed by atoms with Gasteiger partial charge in [-0.3, -0.25) is 28.7 Å². The summed E-state index contributed by atoms with van der Waals surface area (Å²) in [7, 11) is 0. The van der Waals surface area contributed by atoms with E-state index in [1.807, 2.05) is 0 Å². The number of ketones is 1. The van der Waals surface area contributed by atoms with E-state index in [4.69, 9.17) is 5.73 Å². The Morgan fingerprint density at radius 3 is 2.29 bits per heavy atom. The molecule has 0 spiro atoms. The summed E-state index contributed by atoms with van der Waals surface area (Å²) in [5, 5.41) is 4.09. The Kier molecular flexibility index (Phi) is 9.05. The lowest BCUT2D eigenvalue weighted by molar-refractivity contribution is -0.321. The van der Waals surface area contributed by atoms with Gasteiger partial charge in [0.25, 0.3) is 0 Å². The highest BCUT2D eigenvalue weighted by atomic mass is 19.4. The fourth-order valence-electron chi connectivity index (χ4n) is 4.97. The molecule has 1 aromatic carbocycles. The number of carbonyl (C=O) groups is 5. The first-order valence-corrected chi connectivity index (χ1v) is 12.4. The molecule has 0 aromatic heterocycles. The number of nitrogens with two attached hydrogens (primary N) is 1. The molecule has 0 aliphatic carbocycles. The van der Waals surface area contributed by atoms with Crippen molar-refractivity contribution >= 4 is 29.4 Å². The molecule has 2 unspecified atom stereocenters. The van der Waals surface area contributed by atoms with E-state index in [2.05, 4.69) is 10.1 Å². The van der Waals surface area contributed by atoms with Crippen molar-refractivity contribution in [3.8, 4) is 0 Å². The zero-order chi connectivity index (χ0) is 30.9. The molecule has 16 heteroatoms. The van der Waals surface area contributed by atoms with Crippen LogP contribution < -0.4 is 16.4 Å². The predicted molar refractivity (Wildman–Crippen MR) is 127 cm³/mol. The number of nitrogens with zero attached hydrogens (tertiary/aromatic N) is 1. The second-order valence-corrected chi connectivity index (χ2v) is 10.4. The number of primary amides is 1. The molecule has 4 N–H and O–H groups in total. The maximum atomic E-state index is 13.5. The number of carbonyl (C=O) groups excluding carboxylic acids is 5. The lowest BCUT2D eigenvalue weighted by Crippen LogP contribution is -2.62. The van der Waals surface area contributed by atoms with Crippen molar-refractivity contribution in [3.05, 3.63) is 35.4 Å². The van der Waals surface area contributed by atoms with Crippen molar-refractivity contribution in [2.24, 2.45) is 17.6 Å². The molecule has 1 fully saturated rings. The van der Waals surface area contributed by atoms with Crippen molar-refractivity contribution in [1.29, 1.82) is 0 Å². The number of Topliss-reactive ketones (excluding diaryl/α,β-unsaturated/α-hetero) is 1. The zero-order valence-corrected chi connectivity index (χ0v) is 21.9. The van der Waals surface area contributed by atoms with Crippen LogP contribution in [-0.2, 0) is 35.1 Å². The number of alkyl halides is 6. The summed E-state index contributed by atoms with van der Waals surface area (Å²) in [6.45, 7) is -0.150. The Bertz CT molecular complexity index is 1220. The quantitative estimate of drug-likeness (QED) is 0.308. The van der Waals surface area contributed by atoms with Crippen molar-refractivity contribution in [1.82, 2.24) is 15.5 Å². The first-order chi connectivity index (χ1) is 18.8. The summed E-state index contributed by atoms with van der Waals surface area (Å²) in [5.74, 6) is -8.93. The largest absolute Gasteiger partial charge is 0.522 e. The highest BCUT2D eigenvalue weighted by molar-refractivity contribution is 6.35. The second-order valence-electron chi connectivity index (χ2n) is 10.4. The molecule has 4 atom stereocenters. The van der Waals surface area contributed by atoms with E-state index >= 15 is 0 Å². The maximum Gasteiger partial charge on any atom is 0.522 e. The molecule has 10 nitrogen and oxygen atoms in total. The number of ether oxygens (including phenoxy) is 1. The van der Waals surface area contributed by atoms with Gasteiger partial charge in [0, 0.05) is 24.8 Å². The molecule has 226 valence electrons. The van der Waals surface area contributed by atoms with Gasteiger partial charge in [0.15, 0.2) is 5.78 Å².